The van der Waals surface area contributed by atoms with Crippen LogP contribution in [0.2, 0.25) is 0 Å². The van der Waals surface area contributed by atoms with E-state index in [2.05, 4.69) is 156 Å². The molecule has 2 aromatic heterocycles. The van der Waals surface area contributed by atoms with E-state index in [-0.39, 0.29) is 0 Å². The number of aromatic nitrogens is 2. The molecule has 0 fully saturated rings. The minimum Gasteiger partial charge on any atom is -0.256 e. The summed E-state index contributed by atoms with van der Waals surface area (Å²) in [6.07, 6.45) is 3.70. The van der Waals surface area contributed by atoms with Gasteiger partial charge in [-0.3, -0.25) is 9.97 Å². The molecule has 2 nitrogen and oxygen atoms in total. The predicted molar refractivity (Wildman–Crippen MR) is 203 cm³/mol. The minimum absolute atomic E-state index is 1.01. The van der Waals surface area contributed by atoms with Crippen LogP contribution in [0.1, 0.15) is 0 Å². The molecule has 0 unspecified atom stereocenters. The van der Waals surface area contributed by atoms with Crippen LogP contribution in [0.5, 0.6) is 0 Å². The highest BCUT2D eigenvalue weighted by Gasteiger charge is 2.14. The molecule has 0 aliphatic rings. The molecule has 8 aromatic carbocycles. The number of benzene rings is 8. The van der Waals surface area contributed by atoms with Crippen molar-refractivity contribution in [2.45, 2.75) is 0 Å². The Morgan fingerprint density at radius 3 is 1.12 bits per heavy atom. The van der Waals surface area contributed by atoms with E-state index in [1.54, 1.807) is 0 Å². The summed E-state index contributed by atoms with van der Waals surface area (Å²) >= 11 is 0. The lowest BCUT2D eigenvalue weighted by Crippen LogP contribution is -1.88. The van der Waals surface area contributed by atoms with Gasteiger partial charge in [-0.05, 0) is 137 Å². The molecule has 2 heteroatoms. The molecule has 0 N–H and O–H groups in total. The molecule has 0 amide bonds. The second-order valence-electron chi connectivity index (χ2n) is 12.7. The van der Waals surface area contributed by atoms with Crippen molar-refractivity contribution in [1.82, 2.24) is 9.97 Å². The molecule has 0 atom stereocenters. The summed E-state index contributed by atoms with van der Waals surface area (Å²) in [7, 11) is 0. The van der Waals surface area contributed by atoms with E-state index < -0.39 is 0 Å². The Morgan fingerprint density at radius 2 is 0.625 bits per heavy atom. The lowest BCUT2D eigenvalue weighted by molar-refractivity contribution is 1.41. The van der Waals surface area contributed by atoms with Gasteiger partial charge in [0.25, 0.3) is 0 Å². The number of pyridine rings is 2. The van der Waals surface area contributed by atoms with Crippen molar-refractivity contribution in [1.29, 1.82) is 0 Å². The van der Waals surface area contributed by atoms with Crippen LogP contribution in [0.4, 0.5) is 0 Å². The van der Waals surface area contributed by atoms with Crippen LogP contribution in [0, 0.1) is 0 Å². The van der Waals surface area contributed by atoms with Gasteiger partial charge in [-0.2, -0.15) is 0 Å². The van der Waals surface area contributed by atoms with Gasteiger partial charge in [-0.15, -0.1) is 0 Å². The van der Waals surface area contributed by atoms with Crippen LogP contribution in [-0.2, 0) is 0 Å². The van der Waals surface area contributed by atoms with E-state index in [1.807, 2.05) is 24.5 Å². The molecule has 0 bridgehead atoms. The molecule has 222 valence electrons. The van der Waals surface area contributed by atoms with Gasteiger partial charge in [0.1, 0.15) is 0 Å². The van der Waals surface area contributed by atoms with E-state index in [1.165, 1.54) is 76.5 Å². The SMILES string of the molecule is c1ccc2cc(-c3ccc4c(c3)c3ccc(-c5ccc6ncccc6c5)cc3c3ccc(-c5ccc6ncccc6c5)cc43)ccc2c1. The van der Waals surface area contributed by atoms with E-state index in [0.717, 1.165) is 21.8 Å². The van der Waals surface area contributed by atoms with Crippen LogP contribution in [0.3, 0.4) is 0 Å². The molecule has 2 heterocycles. The third kappa shape index (κ3) is 4.35. The topological polar surface area (TPSA) is 25.8 Å². The Bertz CT molecular complexity index is 2560. The summed E-state index contributed by atoms with van der Waals surface area (Å²) in [5.41, 5.74) is 9.25. The van der Waals surface area contributed by atoms with Crippen molar-refractivity contribution >= 4 is 64.9 Å². The van der Waals surface area contributed by atoms with Gasteiger partial charge < -0.3 is 0 Å². The quantitative estimate of drug-likeness (QED) is 0.187. The smallest absolute Gasteiger partial charge is 0.0702 e. The van der Waals surface area contributed by atoms with Crippen molar-refractivity contribution in [3.63, 3.8) is 0 Å². The van der Waals surface area contributed by atoms with E-state index in [9.17, 15) is 0 Å². The minimum atomic E-state index is 1.01. The van der Waals surface area contributed by atoms with Crippen molar-refractivity contribution in [3.8, 4) is 33.4 Å². The maximum atomic E-state index is 4.54. The first-order chi connectivity index (χ1) is 23.7. The molecule has 0 radical (unpaired) electrons. The summed E-state index contributed by atoms with van der Waals surface area (Å²) in [5, 5.41) is 12.4. The first kappa shape index (κ1) is 26.8. The fraction of sp³-hybridized carbons (Fsp3) is 0. The van der Waals surface area contributed by atoms with Crippen LogP contribution in [0.15, 0.2) is 170 Å². The third-order valence-electron chi connectivity index (χ3n) is 9.88. The van der Waals surface area contributed by atoms with Gasteiger partial charge in [-0.25, -0.2) is 0 Å². The largest absolute Gasteiger partial charge is 0.256 e. The van der Waals surface area contributed by atoms with E-state index in [4.69, 9.17) is 0 Å². The van der Waals surface area contributed by atoms with Crippen molar-refractivity contribution in [3.05, 3.63) is 170 Å². The average Bonchev–Trinajstić information content (AvgIpc) is 3.16. The number of hydrogen-bond donors (Lipinski definition) is 0. The zero-order chi connectivity index (χ0) is 31.6. The zero-order valence-corrected chi connectivity index (χ0v) is 26.1. The van der Waals surface area contributed by atoms with Crippen molar-refractivity contribution < 1.29 is 0 Å². The summed E-state index contributed by atoms with van der Waals surface area (Å²) in [6, 6.07) is 57.6. The second-order valence-corrected chi connectivity index (χ2v) is 12.7. The van der Waals surface area contributed by atoms with Crippen molar-refractivity contribution in [2.24, 2.45) is 0 Å². The highest BCUT2D eigenvalue weighted by Crippen LogP contribution is 2.41. The lowest BCUT2D eigenvalue weighted by Gasteiger charge is -2.15. The number of rotatable bonds is 3. The Balaban J connectivity index is 1.23. The van der Waals surface area contributed by atoms with E-state index in [0.29, 0.717) is 0 Å². The van der Waals surface area contributed by atoms with Crippen molar-refractivity contribution in [2.75, 3.05) is 0 Å². The van der Waals surface area contributed by atoms with Gasteiger partial charge in [0.2, 0.25) is 0 Å². The summed E-state index contributed by atoms with van der Waals surface area (Å²) in [6.45, 7) is 0. The van der Waals surface area contributed by atoms with Gasteiger partial charge in [0, 0.05) is 23.2 Å². The molecule has 0 aliphatic heterocycles. The average molecular weight is 609 g/mol. The Morgan fingerprint density at radius 1 is 0.250 bits per heavy atom. The third-order valence-corrected chi connectivity index (χ3v) is 9.88. The van der Waals surface area contributed by atoms with Gasteiger partial charge in [0.05, 0.1) is 11.0 Å². The molecule has 48 heavy (non-hydrogen) atoms. The molecule has 0 spiro atoms. The van der Waals surface area contributed by atoms with Crippen LogP contribution in [0.25, 0.3) is 98.3 Å². The Labute approximate surface area is 277 Å². The summed E-state index contributed by atoms with van der Waals surface area (Å²) < 4.78 is 0. The maximum absolute atomic E-state index is 4.54. The van der Waals surface area contributed by atoms with Gasteiger partial charge in [-0.1, -0.05) is 97.1 Å². The molecule has 0 saturated heterocycles. The van der Waals surface area contributed by atoms with Crippen LogP contribution in [-0.4, -0.2) is 9.97 Å². The molecule has 10 aromatic rings. The second kappa shape index (κ2) is 10.6. The maximum Gasteiger partial charge on any atom is 0.0702 e. The van der Waals surface area contributed by atoms with Crippen LogP contribution >= 0.6 is 0 Å². The molecule has 10 rings (SSSR count). The summed E-state index contributed by atoms with van der Waals surface area (Å²) in [5.74, 6) is 0. The van der Waals surface area contributed by atoms with E-state index >= 15 is 0 Å². The fourth-order valence-electron chi connectivity index (χ4n) is 7.42. The molecule has 0 aliphatic carbocycles. The van der Waals surface area contributed by atoms with Crippen LogP contribution < -0.4 is 0 Å². The predicted octanol–water partition coefficient (Wildman–Crippen LogP) is 12.4. The Kier molecular flexibility index (Phi) is 5.91. The monoisotopic (exact) mass is 608 g/mol. The standard InChI is InChI=1S/C46H28N2/c1-2-6-30-23-31(10-9-29(30)5-1)34-11-16-39-42(26-34)40-17-12-35(32-14-19-45-37(24-32)7-3-21-47-45)28-44(40)41-18-13-36(27-43(39)41)33-15-20-46-38(25-33)8-4-22-48-46/h1-28H. The fourth-order valence-corrected chi connectivity index (χ4v) is 7.42. The highest BCUT2D eigenvalue weighted by molar-refractivity contribution is 6.26. The molecule has 0 saturated carbocycles. The normalized spacial score (nSPS) is 11.8. The number of fused-ring (bicyclic) bond motifs is 9. The highest BCUT2D eigenvalue weighted by atomic mass is 14.6. The van der Waals surface area contributed by atoms with Gasteiger partial charge in [0.15, 0.2) is 0 Å². The lowest BCUT2D eigenvalue weighted by atomic mass is 9.88. The first-order valence-corrected chi connectivity index (χ1v) is 16.4. The molecular formula is C46H28N2. The number of hydrogen-bond acceptors (Lipinski definition) is 2. The van der Waals surface area contributed by atoms with Gasteiger partial charge >= 0.3 is 0 Å². The molecular weight excluding hydrogens is 581 g/mol. The first-order valence-electron chi connectivity index (χ1n) is 16.4. The Hall–Kier alpha value is -6.38. The zero-order valence-electron chi connectivity index (χ0n) is 26.1. The number of nitrogens with zero attached hydrogens (tertiary/aromatic N) is 2. The summed E-state index contributed by atoms with van der Waals surface area (Å²) in [4.78, 5) is 9.07.